The molecule has 0 unspecified atom stereocenters. The average molecular weight is 332 g/mol. The maximum atomic E-state index is 10.6. The van der Waals surface area contributed by atoms with Crippen molar-refractivity contribution in [3.05, 3.63) is 78.9 Å². The van der Waals surface area contributed by atoms with Crippen LogP contribution >= 0.6 is 0 Å². The van der Waals surface area contributed by atoms with Gasteiger partial charge in [-0.1, -0.05) is 66.7 Å². The highest BCUT2D eigenvalue weighted by Crippen LogP contribution is 2.34. The first-order chi connectivity index (χ1) is 12.2. The second-order valence-electron chi connectivity index (χ2n) is 5.79. The molecule has 3 heteroatoms. The average Bonchev–Trinajstić information content (AvgIpc) is 2.66. The quantitative estimate of drug-likeness (QED) is 0.600. The number of carboxylic acid groups (broad SMARTS) is 1. The molecule has 3 nitrogen and oxygen atoms in total. The Morgan fingerprint density at radius 1 is 0.800 bits per heavy atom. The molecule has 0 aliphatic rings. The van der Waals surface area contributed by atoms with E-state index >= 15 is 0 Å². The first-order valence-corrected chi connectivity index (χ1v) is 8.33. The van der Waals surface area contributed by atoms with Crippen molar-refractivity contribution in [1.29, 1.82) is 0 Å². The molecule has 25 heavy (non-hydrogen) atoms. The van der Waals surface area contributed by atoms with Gasteiger partial charge in [0.1, 0.15) is 5.75 Å². The fourth-order valence-electron chi connectivity index (χ4n) is 2.71. The third-order valence-electron chi connectivity index (χ3n) is 3.96. The number of hydrogen-bond donors (Lipinski definition) is 1. The van der Waals surface area contributed by atoms with Crippen LogP contribution in [0.25, 0.3) is 22.3 Å². The minimum absolute atomic E-state index is 0.114. The minimum atomic E-state index is -0.800. The number of rotatable bonds is 7. The third kappa shape index (κ3) is 4.48. The second-order valence-corrected chi connectivity index (χ2v) is 5.79. The maximum Gasteiger partial charge on any atom is 0.303 e. The lowest BCUT2D eigenvalue weighted by atomic mass is 9.98. The van der Waals surface area contributed by atoms with Crippen LogP contribution in [0.2, 0.25) is 0 Å². The Kier molecular flexibility index (Phi) is 5.47. The van der Waals surface area contributed by atoms with Gasteiger partial charge in [-0.3, -0.25) is 4.79 Å². The van der Waals surface area contributed by atoms with Gasteiger partial charge >= 0.3 is 5.97 Å². The van der Waals surface area contributed by atoms with E-state index in [1.807, 2.05) is 60.7 Å². The summed E-state index contributed by atoms with van der Waals surface area (Å²) in [4.78, 5) is 10.6. The summed E-state index contributed by atoms with van der Waals surface area (Å²) in [5.41, 5.74) is 4.36. The summed E-state index contributed by atoms with van der Waals surface area (Å²) in [6.45, 7) is 0.386. The molecule has 0 heterocycles. The molecule has 126 valence electrons. The number of aliphatic carboxylic acids is 1. The van der Waals surface area contributed by atoms with Crippen molar-refractivity contribution in [3.63, 3.8) is 0 Å². The molecular weight excluding hydrogens is 312 g/mol. The molecule has 0 bridgehead atoms. The van der Waals surface area contributed by atoms with Gasteiger partial charge in [0, 0.05) is 12.0 Å². The van der Waals surface area contributed by atoms with Gasteiger partial charge < -0.3 is 9.84 Å². The predicted octanol–water partition coefficient (Wildman–Crippen LogP) is 5.26. The number of carbonyl (C=O) groups is 1. The molecule has 3 aromatic carbocycles. The van der Waals surface area contributed by atoms with Crippen molar-refractivity contribution in [2.45, 2.75) is 12.8 Å². The lowest BCUT2D eigenvalue weighted by molar-refractivity contribution is -0.137. The zero-order valence-corrected chi connectivity index (χ0v) is 13.9. The van der Waals surface area contributed by atoms with Gasteiger partial charge in [-0.15, -0.1) is 0 Å². The summed E-state index contributed by atoms with van der Waals surface area (Å²) in [5.74, 6) is -0.0254. The van der Waals surface area contributed by atoms with Crippen molar-refractivity contribution in [2.75, 3.05) is 6.61 Å². The Labute approximate surface area is 147 Å². The summed E-state index contributed by atoms with van der Waals surface area (Å²) >= 11 is 0. The Hall–Kier alpha value is -3.07. The molecule has 0 aliphatic carbocycles. The maximum absolute atomic E-state index is 10.6. The van der Waals surface area contributed by atoms with Crippen LogP contribution in [-0.4, -0.2) is 17.7 Å². The van der Waals surface area contributed by atoms with E-state index in [-0.39, 0.29) is 6.42 Å². The molecule has 1 N–H and O–H groups in total. The van der Waals surface area contributed by atoms with Crippen LogP contribution in [0.15, 0.2) is 78.9 Å². The summed E-state index contributed by atoms with van der Waals surface area (Å²) < 4.78 is 5.87. The van der Waals surface area contributed by atoms with E-state index in [1.165, 1.54) is 0 Å². The minimum Gasteiger partial charge on any atom is -0.493 e. The van der Waals surface area contributed by atoms with Crippen molar-refractivity contribution in [2.24, 2.45) is 0 Å². The Bertz CT molecular complexity index is 826. The molecule has 0 saturated carbocycles. The first-order valence-electron chi connectivity index (χ1n) is 8.33. The Morgan fingerprint density at radius 3 is 2.08 bits per heavy atom. The highest BCUT2D eigenvalue weighted by atomic mass is 16.5. The molecule has 0 radical (unpaired) electrons. The normalized spacial score (nSPS) is 10.4. The summed E-state index contributed by atoms with van der Waals surface area (Å²) in [6.07, 6.45) is 0.604. The van der Waals surface area contributed by atoms with E-state index in [2.05, 4.69) is 18.2 Å². The van der Waals surface area contributed by atoms with Crippen LogP contribution in [-0.2, 0) is 4.79 Å². The highest BCUT2D eigenvalue weighted by Gasteiger charge is 2.09. The van der Waals surface area contributed by atoms with Crippen molar-refractivity contribution in [3.8, 4) is 28.0 Å². The van der Waals surface area contributed by atoms with E-state index in [0.717, 1.165) is 28.0 Å². The van der Waals surface area contributed by atoms with E-state index in [1.54, 1.807) is 0 Å². The van der Waals surface area contributed by atoms with Crippen LogP contribution in [0.3, 0.4) is 0 Å². The predicted molar refractivity (Wildman–Crippen MR) is 99.7 cm³/mol. The topological polar surface area (TPSA) is 46.5 Å². The van der Waals surface area contributed by atoms with Crippen molar-refractivity contribution < 1.29 is 14.6 Å². The lowest BCUT2D eigenvalue weighted by Gasteiger charge is -2.14. The van der Waals surface area contributed by atoms with E-state index in [0.29, 0.717) is 13.0 Å². The molecule has 0 fully saturated rings. The van der Waals surface area contributed by atoms with Crippen molar-refractivity contribution in [1.82, 2.24) is 0 Å². The van der Waals surface area contributed by atoms with Crippen LogP contribution in [0.1, 0.15) is 12.8 Å². The van der Waals surface area contributed by atoms with Gasteiger partial charge in [0.05, 0.1) is 6.61 Å². The molecule has 0 spiro atoms. The van der Waals surface area contributed by atoms with Crippen LogP contribution < -0.4 is 4.74 Å². The Balaban J connectivity index is 1.90. The number of hydrogen-bond acceptors (Lipinski definition) is 2. The number of ether oxygens (including phenoxy) is 1. The Morgan fingerprint density at radius 2 is 1.44 bits per heavy atom. The smallest absolute Gasteiger partial charge is 0.303 e. The zero-order valence-electron chi connectivity index (χ0n) is 13.9. The summed E-state index contributed by atoms with van der Waals surface area (Å²) in [6, 6.07) is 26.4. The van der Waals surface area contributed by atoms with E-state index < -0.39 is 5.97 Å². The summed E-state index contributed by atoms with van der Waals surface area (Å²) in [7, 11) is 0. The molecule has 3 rings (SSSR count). The molecule has 0 aliphatic heterocycles. The molecule has 3 aromatic rings. The van der Waals surface area contributed by atoms with E-state index in [9.17, 15) is 4.79 Å². The summed E-state index contributed by atoms with van der Waals surface area (Å²) in [5, 5.41) is 8.75. The molecular formula is C22H20O3. The van der Waals surface area contributed by atoms with Gasteiger partial charge in [0.25, 0.3) is 0 Å². The zero-order chi connectivity index (χ0) is 17.5. The SMILES string of the molecule is O=C(O)CCCOc1ccc(-c2ccccc2)cc1-c1ccccc1. The number of benzene rings is 3. The third-order valence-corrected chi connectivity index (χ3v) is 3.96. The van der Waals surface area contributed by atoms with Crippen LogP contribution in [0, 0.1) is 0 Å². The monoisotopic (exact) mass is 332 g/mol. The fourth-order valence-corrected chi connectivity index (χ4v) is 2.71. The van der Waals surface area contributed by atoms with Gasteiger partial charge in [0.15, 0.2) is 0 Å². The van der Waals surface area contributed by atoms with Crippen LogP contribution in [0.5, 0.6) is 5.75 Å². The highest BCUT2D eigenvalue weighted by molar-refractivity contribution is 5.77. The standard InChI is InChI=1S/C22H20O3/c23-22(24)12-7-15-25-21-14-13-19(17-8-3-1-4-9-17)16-20(21)18-10-5-2-6-11-18/h1-6,8-11,13-14,16H,7,12,15H2,(H,23,24). The van der Waals surface area contributed by atoms with Gasteiger partial charge in [-0.05, 0) is 35.2 Å². The van der Waals surface area contributed by atoms with E-state index in [4.69, 9.17) is 9.84 Å². The molecule has 0 atom stereocenters. The number of carboxylic acids is 1. The van der Waals surface area contributed by atoms with Gasteiger partial charge in [-0.25, -0.2) is 0 Å². The molecule has 0 saturated heterocycles. The molecule has 0 amide bonds. The van der Waals surface area contributed by atoms with Crippen LogP contribution in [0.4, 0.5) is 0 Å². The van der Waals surface area contributed by atoms with Crippen molar-refractivity contribution >= 4 is 5.97 Å². The van der Waals surface area contributed by atoms with Gasteiger partial charge in [0.2, 0.25) is 0 Å². The molecule has 0 aromatic heterocycles. The first kappa shape index (κ1) is 16.8. The largest absolute Gasteiger partial charge is 0.493 e. The lowest BCUT2D eigenvalue weighted by Crippen LogP contribution is -2.03. The van der Waals surface area contributed by atoms with Gasteiger partial charge in [-0.2, -0.15) is 0 Å². The fraction of sp³-hybridized carbons (Fsp3) is 0.136. The second kappa shape index (κ2) is 8.15.